The zero-order valence-electron chi connectivity index (χ0n) is 11.7. The Balaban J connectivity index is 1.81. The SMILES string of the molecule is C=Cc1ccc(OCc2ccccc2)c(C2OCCO2)n1. The van der Waals surface area contributed by atoms with E-state index in [1.54, 1.807) is 6.08 Å². The summed E-state index contributed by atoms with van der Waals surface area (Å²) in [6, 6.07) is 13.7. The molecule has 1 fully saturated rings. The lowest BCUT2D eigenvalue weighted by Gasteiger charge is -2.15. The molecular weight excluding hydrogens is 266 g/mol. The summed E-state index contributed by atoms with van der Waals surface area (Å²) in [6.45, 7) is 5.36. The van der Waals surface area contributed by atoms with E-state index in [-0.39, 0.29) is 0 Å². The normalized spacial score (nSPS) is 15.0. The topological polar surface area (TPSA) is 40.6 Å². The Morgan fingerprint density at radius 1 is 1.14 bits per heavy atom. The zero-order valence-corrected chi connectivity index (χ0v) is 11.7. The minimum atomic E-state index is -0.462. The molecule has 0 radical (unpaired) electrons. The first-order chi connectivity index (χ1) is 10.4. The van der Waals surface area contributed by atoms with Gasteiger partial charge in [0, 0.05) is 0 Å². The van der Waals surface area contributed by atoms with Crippen LogP contribution in [0, 0.1) is 0 Å². The van der Waals surface area contributed by atoms with Crippen molar-refractivity contribution in [1.29, 1.82) is 0 Å². The van der Waals surface area contributed by atoms with Crippen LogP contribution in [0.3, 0.4) is 0 Å². The molecule has 0 N–H and O–H groups in total. The summed E-state index contributed by atoms with van der Waals surface area (Å²) in [5, 5.41) is 0. The predicted molar refractivity (Wildman–Crippen MR) is 79.7 cm³/mol. The molecule has 1 aliphatic heterocycles. The van der Waals surface area contributed by atoms with E-state index in [1.165, 1.54) is 0 Å². The zero-order chi connectivity index (χ0) is 14.5. The molecule has 21 heavy (non-hydrogen) atoms. The van der Waals surface area contributed by atoms with E-state index in [1.807, 2.05) is 42.5 Å². The summed E-state index contributed by atoms with van der Waals surface area (Å²) in [4.78, 5) is 4.49. The van der Waals surface area contributed by atoms with Gasteiger partial charge in [-0.15, -0.1) is 0 Å². The van der Waals surface area contributed by atoms with Crippen LogP contribution in [-0.4, -0.2) is 18.2 Å². The molecule has 1 aromatic carbocycles. The van der Waals surface area contributed by atoms with E-state index < -0.39 is 6.29 Å². The molecule has 0 amide bonds. The van der Waals surface area contributed by atoms with E-state index in [4.69, 9.17) is 14.2 Å². The summed E-state index contributed by atoms with van der Waals surface area (Å²) < 4.78 is 16.9. The van der Waals surface area contributed by atoms with Gasteiger partial charge in [0.2, 0.25) is 6.29 Å². The third kappa shape index (κ3) is 3.29. The smallest absolute Gasteiger partial charge is 0.205 e. The fourth-order valence-corrected chi connectivity index (χ4v) is 2.13. The van der Waals surface area contributed by atoms with Crippen molar-refractivity contribution in [2.75, 3.05) is 13.2 Å². The van der Waals surface area contributed by atoms with E-state index >= 15 is 0 Å². The summed E-state index contributed by atoms with van der Waals surface area (Å²) in [6.07, 6.45) is 1.23. The Morgan fingerprint density at radius 3 is 2.62 bits per heavy atom. The van der Waals surface area contributed by atoms with Gasteiger partial charge in [0.15, 0.2) is 0 Å². The molecule has 0 atom stereocenters. The highest BCUT2D eigenvalue weighted by atomic mass is 16.7. The van der Waals surface area contributed by atoms with Gasteiger partial charge < -0.3 is 14.2 Å². The third-order valence-corrected chi connectivity index (χ3v) is 3.20. The molecule has 0 saturated carbocycles. The Hall–Kier alpha value is -2.17. The number of rotatable bonds is 5. The lowest BCUT2D eigenvalue weighted by Crippen LogP contribution is -2.07. The maximum atomic E-state index is 5.88. The molecule has 2 heterocycles. The van der Waals surface area contributed by atoms with Crippen molar-refractivity contribution in [1.82, 2.24) is 4.98 Å². The molecular formula is C17H17NO3. The van der Waals surface area contributed by atoms with Gasteiger partial charge in [0.05, 0.1) is 18.9 Å². The van der Waals surface area contributed by atoms with Gasteiger partial charge in [-0.25, -0.2) is 4.98 Å². The second kappa shape index (κ2) is 6.52. The summed E-state index contributed by atoms with van der Waals surface area (Å²) in [7, 11) is 0. The molecule has 0 bridgehead atoms. The monoisotopic (exact) mass is 283 g/mol. The van der Waals surface area contributed by atoms with Crippen molar-refractivity contribution in [2.24, 2.45) is 0 Å². The lowest BCUT2D eigenvalue weighted by molar-refractivity contribution is -0.0492. The fraction of sp³-hybridized carbons (Fsp3) is 0.235. The van der Waals surface area contributed by atoms with Gasteiger partial charge in [0.25, 0.3) is 0 Å². The molecule has 4 heteroatoms. The van der Waals surface area contributed by atoms with Crippen LogP contribution in [0.15, 0.2) is 49.0 Å². The van der Waals surface area contributed by atoms with Gasteiger partial charge in [-0.2, -0.15) is 0 Å². The first-order valence-electron chi connectivity index (χ1n) is 6.90. The molecule has 1 aliphatic rings. The van der Waals surface area contributed by atoms with Gasteiger partial charge >= 0.3 is 0 Å². The summed E-state index contributed by atoms with van der Waals surface area (Å²) in [5.74, 6) is 0.677. The first-order valence-corrected chi connectivity index (χ1v) is 6.90. The fourth-order valence-electron chi connectivity index (χ4n) is 2.13. The van der Waals surface area contributed by atoms with Crippen LogP contribution in [0.2, 0.25) is 0 Å². The van der Waals surface area contributed by atoms with Crippen molar-refractivity contribution in [3.63, 3.8) is 0 Å². The number of ether oxygens (including phenoxy) is 3. The van der Waals surface area contributed by atoms with Crippen LogP contribution in [-0.2, 0) is 16.1 Å². The Bertz CT molecular complexity index is 607. The maximum absolute atomic E-state index is 5.88. The van der Waals surface area contributed by atoms with Crippen molar-refractivity contribution >= 4 is 6.08 Å². The molecule has 0 unspecified atom stereocenters. The van der Waals surface area contributed by atoms with E-state index in [0.29, 0.717) is 31.3 Å². The standard InChI is InChI=1S/C17H17NO3/c1-2-14-8-9-15(16(18-14)17-19-10-11-20-17)21-12-13-6-4-3-5-7-13/h2-9,17H,1,10-12H2. The molecule has 0 spiro atoms. The molecule has 1 saturated heterocycles. The first kappa shape index (κ1) is 13.8. The second-order valence-corrected chi connectivity index (χ2v) is 4.67. The Labute approximate surface area is 124 Å². The quantitative estimate of drug-likeness (QED) is 0.843. The third-order valence-electron chi connectivity index (χ3n) is 3.20. The maximum Gasteiger partial charge on any atom is 0.205 e. The van der Waals surface area contributed by atoms with Gasteiger partial charge in [-0.3, -0.25) is 0 Å². The van der Waals surface area contributed by atoms with Crippen molar-refractivity contribution < 1.29 is 14.2 Å². The largest absolute Gasteiger partial charge is 0.487 e. The molecule has 0 aliphatic carbocycles. The van der Waals surface area contributed by atoms with Crippen LogP contribution in [0.5, 0.6) is 5.75 Å². The average molecular weight is 283 g/mol. The van der Waals surface area contributed by atoms with Gasteiger partial charge in [-0.05, 0) is 23.8 Å². The number of pyridine rings is 1. The highest BCUT2D eigenvalue weighted by molar-refractivity contribution is 5.45. The van der Waals surface area contributed by atoms with E-state index in [0.717, 1.165) is 11.3 Å². The van der Waals surface area contributed by atoms with Gasteiger partial charge in [0.1, 0.15) is 18.1 Å². The second-order valence-electron chi connectivity index (χ2n) is 4.67. The van der Waals surface area contributed by atoms with E-state index in [2.05, 4.69) is 11.6 Å². The Morgan fingerprint density at radius 2 is 1.90 bits per heavy atom. The number of benzene rings is 1. The van der Waals surface area contributed by atoms with E-state index in [9.17, 15) is 0 Å². The number of hydrogen-bond donors (Lipinski definition) is 0. The van der Waals surface area contributed by atoms with Crippen LogP contribution in [0.1, 0.15) is 23.2 Å². The van der Waals surface area contributed by atoms with Crippen molar-refractivity contribution in [3.05, 3.63) is 66.0 Å². The number of nitrogens with zero attached hydrogens (tertiary/aromatic N) is 1. The molecule has 108 valence electrons. The number of hydrogen-bond acceptors (Lipinski definition) is 4. The molecule has 2 aromatic rings. The highest BCUT2D eigenvalue weighted by Gasteiger charge is 2.24. The minimum Gasteiger partial charge on any atom is -0.487 e. The van der Waals surface area contributed by atoms with Crippen molar-refractivity contribution in [2.45, 2.75) is 12.9 Å². The Kier molecular flexibility index (Phi) is 4.28. The molecule has 3 rings (SSSR count). The van der Waals surface area contributed by atoms with Crippen molar-refractivity contribution in [3.8, 4) is 5.75 Å². The average Bonchev–Trinajstić information content (AvgIpc) is 3.08. The van der Waals surface area contributed by atoms with Gasteiger partial charge in [-0.1, -0.05) is 36.9 Å². The molecule has 4 nitrogen and oxygen atoms in total. The van der Waals surface area contributed by atoms with Crippen LogP contribution in [0.25, 0.3) is 6.08 Å². The predicted octanol–water partition coefficient (Wildman–Crippen LogP) is 3.35. The highest BCUT2D eigenvalue weighted by Crippen LogP contribution is 2.30. The molecule has 1 aromatic heterocycles. The van der Waals surface area contributed by atoms with Crippen LogP contribution >= 0.6 is 0 Å². The minimum absolute atomic E-state index is 0.462. The van der Waals surface area contributed by atoms with Crippen LogP contribution < -0.4 is 4.74 Å². The van der Waals surface area contributed by atoms with Crippen LogP contribution in [0.4, 0.5) is 0 Å². The summed E-state index contributed by atoms with van der Waals surface area (Å²) >= 11 is 0. The number of aromatic nitrogens is 1. The lowest BCUT2D eigenvalue weighted by atomic mass is 10.2. The summed E-state index contributed by atoms with van der Waals surface area (Å²) in [5.41, 5.74) is 2.54.